The molecule has 2 unspecified atom stereocenters. The average Bonchev–Trinajstić information content (AvgIpc) is 2.76. The van der Waals surface area contributed by atoms with Crippen molar-refractivity contribution in [2.45, 2.75) is 18.5 Å². The molecule has 0 saturated carbocycles. The van der Waals surface area contributed by atoms with Crippen molar-refractivity contribution >= 4 is 34.1 Å². The second-order valence-corrected chi connectivity index (χ2v) is 7.12. The summed E-state index contributed by atoms with van der Waals surface area (Å²) in [7, 11) is 1.83. The first-order valence-corrected chi connectivity index (χ1v) is 9.69. The van der Waals surface area contributed by atoms with E-state index >= 15 is 0 Å². The second kappa shape index (κ2) is 8.60. The molecule has 0 aliphatic carbocycles. The number of nitrogens with one attached hydrogen (secondary N) is 3. The van der Waals surface area contributed by atoms with Crippen LogP contribution in [0, 0.1) is 5.82 Å². The number of fused-ring (bicyclic) bond motifs is 1. The van der Waals surface area contributed by atoms with Gasteiger partial charge in [0.25, 0.3) is 5.91 Å². The van der Waals surface area contributed by atoms with Crippen LogP contribution >= 0.6 is 0 Å². The van der Waals surface area contributed by atoms with E-state index in [-0.39, 0.29) is 29.3 Å². The first kappa shape index (κ1) is 20.0. The van der Waals surface area contributed by atoms with Gasteiger partial charge in [0.2, 0.25) is 0 Å². The number of halogens is 1. The van der Waals surface area contributed by atoms with Crippen LogP contribution in [-0.2, 0) is 4.74 Å². The summed E-state index contributed by atoms with van der Waals surface area (Å²) in [5.41, 5.74) is 6.96. The molecule has 0 bridgehead atoms. The van der Waals surface area contributed by atoms with Crippen molar-refractivity contribution in [3.8, 4) is 0 Å². The molecular weight excluding hydrogens is 387 g/mol. The van der Waals surface area contributed by atoms with E-state index in [1.165, 1.54) is 0 Å². The van der Waals surface area contributed by atoms with Gasteiger partial charge in [0, 0.05) is 29.9 Å². The molecule has 1 saturated heterocycles. The van der Waals surface area contributed by atoms with E-state index < -0.39 is 11.7 Å². The molecule has 0 spiro atoms. The largest absolute Gasteiger partial charge is 0.380 e. The molecule has 4 rings (SSSR count). The van der Waals surface area contributed by atoms with E-state index in [1.807, 2.05) is 37.4 Å². The average molecular weight is 410 g/mol. The Labute approximate surface area is 173 Å². The first-order chi connectivity index (χ1) is 14.5. The normalized spacial score (nSPS) is 18.9. The lowest BCUT2D eigenvalue weighted by Gasteiger charge is -2.32. The number of aromatic nitrogens is 2. The van der Waals surface area contributed by atoms with Gasteiger partial charge in [-0.1, -0.05) is 6.07 Å². The molecule has 5 N–H and O–H groups in total. The van der Waals surface area contributed by atoms with Crippen LogP contribution in [0.2, 0.25) is 0 Å². The maximum atomic E-state index is 14.7. The molecule has 30 heavy (non-hydrogen) atoms. The van der Waals surface area contributed by atoms with Crippen LogP contribution in [0.4, 0.5) is 21.7 Å². The monoisotopic (exact) mass is 410 g/mol. The summed E-state index contributed by atoms with van der Waals surface area (Å²) in [5.74, 6) is -1.17. The highest BCUT2D eigenvalue weighted by Crippen LogP contribution is 2.26. The number of rotatable bonds is 6. The fraction of sp³-hybridized carbons (Fsp3) is 0.286. The van der Waals surface area contributed by atoms with Gasteiger partial charge in [-0.2, -0.15) is 0 Å². The number of anilines is 3. The van der Waals surface area contributed by atoms with E-state index in [2.05, 4.69) is 25.9 Å². The van der Waals surface area contributed by atoms with Crippen LogP contribution in [0.25, 0.3) is 10.9 Å². The number of carbonyl (C=O) groups is 1. The van der Waals surface area contributed by atoms with Gasteiger partial charge in [-0.05, 0) is 43.8 Å². The lowest BCUT2D eigenvalue weighted by molar-refractivity contribution is 0.0656. The molecular formula is C21H23FN6O2. The molecule has 1 aliphatic heterocycles. The van der Waals surface area contributed by atoms with Crippen molar-refractivity contribution in [2.24, 2.45) is 5.73 Å². The predicted molar refractivity (Wildman–Crippen MR) is 113 cm³/mol. The van der Waals surface area contributed by atoms with E-state index in [0.717, 1.165) is 17.0 Å². The minimum Gasteiger partial charge on any atom is -0.380 e. The third kappa shape index (κ3) is 4.17. The zero-order valence-electron chi connectivity index (χ0n) is 16.5. The number of nitrogens with zero attached hydrogens (tertiary/aromatic N) is 2. The third-order valence-corrected chi connectivity index (χ3v) is 5.16. The molecule has 8 nitrogen and oxygen atoms in total. The first-order valence-electron chi connectivity index (χ1n) is 9.69. The Balaban J connectivity index is 1.66. The number of amides is 1. The molecule has 9 heteroatoms. The maximum absolute atomic E-state index is 14.7. The molecule has 1 aromatic carbocycles. The number of ether oxygens (including phenoxy) is 1. The van der Waals surface area contributed by atoms with Crippen LogP contribution < -0.4 is 21.7 Å². The highest BCUT2D eigenvalue weighted by atomic mass is 19.1. The Morgan fingerprint density at radius 3 is 2.90 bits per heavy atom. The van der Waals surface area contributed by atoms with Gasteiger partial charge < -0.3 is 26.4 Å². The number of likely N-dealkylation sites (N-methyl/N-ethyl adjacent to an activating group) is 1. The summed E-state index contributed by atoms with van der Waals surface area (Å²) < 4.78 is 20.2. The lowest BCUT2D eigenvalue weighted by atomic mass is 10.0. The van der Waals surface area contributed by atoms with Crippen molar-refractivity contribution in [2.75, 3.05) is 30.9 Å². The zero-order chi connectivity index (χ0) is 21.1. The Morgan fingerprint density at radius 2 is 2.10 bits per heavy atom. The van der Waals surface area contributed by atoms with E-state index in [0.29, 0.717) is 25.3 Å². The fourth-order valence-electron chi connectivity index (χ4n) is 3.53. The van der Waals surface area contributed by atoms with Gasteiger partial charge in [0.15, 0.2) is 11.6 Å². The topological polar surface area (TPSA) is 114 Å². The van der Waals surface area contributed by atoms with Crippen molar-refractivity contribution in [1.82, 2.24) is 15.3 Å². The number of primary amides is 1. The van der Waals surface area contributed by atoms with Gasteiger partial charge in [0.1, 0.15) is 5.82 Å². The zero-order valence-corrected chi connectivity index (χ0v) is 16.5. The number of benzene rings is 1. The van der Waals surface area contributed by atoms with Crippen LogP contribution in [0.1, 0.15) is 16.8 Å². The Bertz CT molecular complexity index is 1080. The minimum absolute atomic E-state index is 0.0140. The fourth-order valence-corrected chi connectivity index (χ4v) is 3.53. The Morgan fingerprint density at radius 1 is 1.23 bits per heavy atom. The van der Waals surface area contributed by atoms with Gasteiger partial charge >= 0.3 is 0 Å². The summed E-state index contributed by atoms with van der Waals surface area (Å²) in [6.07, 6.45) is 2.42. The van der Waals surface area contributed by atoms with Gasteiger partial charge in [-0.3, -0.25) is 9.78 Å². The van der Waals surface area contributed by atoms with Crippen molar-refractivity contribution in [1.29, 1.82) is 0 Å². The third-order valence-electron chi connectivity index (χ3n) is 5.16. The van der Waals surface area contributed by atoms with Crippen molar-refractivity contribution < 1.29 is 13.9 Å². The SMILES string of the molecule is CNC1COCCC1Nc1nc(Nc2ccc3ncccc3c2)c(C(N)=O)cc1F. The van der Waals surface area contributed by atoms with Crippen LogP contribution in [0.5, 0.6) is 0 Å². The molecule has 2 atom stereocenters. The van der Waals surface area contributed by atoms with Gasteiger partial charge in [-0.15, -0.1) is 0 Å². The molecule has 156 valence electrons. The van der Waals surface area contributed by atoms with Crippen LogP contribution in [0.3, 0.4) is 0 Å². The predicted octanol–water partition coefficient (Wildman–Crippen LogP) is 2.40. The number of hydrogen-bond donors (Lipinski definition) is 4. The molecule has 1 aliphatic rings. The number of carbonyl (C=O) groups excluding carboxylic acids is 1. The Hall–Kier alpha value is -3.30. The quantitative estimate of drug-likeness (QED) is 0.493. The number of nitrogens with two attached hydrogens (primary N) is 1. The molecule has 1 fully saturated rings. The van der Waals surface area contributed by atoms with Crippen LogP contribution in [-0.4, -0.2) is 48.2 Å². The molecule has 3 heterocycles. The second-order valence-electron chi connectivity index (χ2n) is 7.12. The highest BCUT2D eigenvalue weighted by Gasteiger charge is 2.26. The van der Waals surface area contributed by atoms with Crippen molar-refractivity contribution in [3.05, 3.63) is 54.0 Å². The summed E-state index contributed by atoms with van der Waals surface area (Å²) in [6.45, 7) is 1.10. The molecule has 0 radical (unpaired) electrons. The minimum atomic E-state index is -0.767. The van der Waals surface area contributed by atoms with E-state index in [1.54, 1.807) is 6.20 Å². The number of pyridine rings is 2. The standard InChI is InChI=1S/C21H23FN6O2/c1-24-18-11-30-8-6-17(18)27-21-15(22)10-14(19(23)29)20(28-21)26-13-4-5-16-12(9-13)3-2-7-25-16/h2-5,7,9-10,17-18,24H,6,8,11H2,1H3,(H2,23,29)(H2,26,27,28). The maximum Gasteiger partial charge on any atom is 0.252 e. The summed E-state index contributed by atoms with van der Waals surface area (Å²) >= 11 is 0. The molecule has 1 amide bonds. The van der Waals surface area contributed by atoms with E-state index in [9.17, 15) is 9.18 Å². The van der Waals surface area contributed by atoms with E-state index in [4.69, 9.17) is 10.5 Å². The smallest absolute Gasteiger partial charge is 0.252 e. The highest BCUT2D eigenvalue weighted by molar-refractivity contribution is 5.99. The van der Waals surface area contributed by atoms with Gasteiger partial charge in [0.05, 0.1) is 23.7 Å². The summed E-state index contributed by atoms with van der Waals surface area (Å²) in [5, 5.41) is 10.3. The van der Waals surface area contributed by atoms with Crippen molar-refractivity contribution in [3.63, 3.8) is 0 Å². The summed E-state index contributed by atoms with van der Waals surface area (Å²) in [6, 6.07) is 10.4. The lowest BCUT2D eigenvalue weighted by Crippen LogP contribution is -2.49. The van der Waals surface area contributed by atoms with Gasteiger partial charge in [-0.25, -0.2) is 9.37 Å². The molecule has 3 aromatic rings. The summed E-state index contributed by atoms with van der Waals surface area (Å²) in [4.78, 5) is 20.5. The molecule has 2 aromatic heterocycles. The number of hydrogen-bond acceptors (Lipinski definition) is 7. The van der Waals surface area contributed by atoms with Crippen LogP contribution in [0.15, 0.2) is 42.6 Å². The Kier molecular flexibility index (Phi) is 5.73.